The summed E-state index contributed by atoms with van der Waals surface area (Å²) in [4.78, 5) is 81.2. The lowest BCUT2D eigenvalue weighted by atomic mass is 10.1. The largest absolute Gasteiger partial charge is 0.481 e. The molecule has 0 saturated heterocycles. The molecule has 0 spiro atoms. The number of hydrogen-bond acceptors (Lipinski definition) is 8. The molecule has 5 amide bonds. The second-order valence-electron chi connectivity index (χ2n) is 6.92. The van der Waals surface area contributed by atoms with Crippen molar-refractivity contribution in [3.63, 3.8) is 0 Å². The van der Waals surface area contributed by atoms with Crippen LogP contribution in [-0.4, -0.2) is 75.9 Å². The average Bonchev–Trinajstić information content (AvgIpc) is 2.66. The number of carbonyl (C=O) groups is 7. The molecule has 15 heteroatoms. The molecule has 0 saturated carbocycles. The van der Waals surface area contributed by atoms with Gasteiger partial charge in [0.1, 0.15) is 18.1 Å². The molecule has 11 N–H and O–H groups in total. The second-order valence-corrected chi connectivity index (χ2v) is 6.92. The van der Waals surface area contributed by atoms with E-state index in [0.717, 1.165) is 0 Å². The first-order valence-corrected chi connectivity index (χ1v) is 9.42. The van der Waals surface area contributed by atoms with Crippen molar-refractivity contribution in [3.05, 3.63) is 0 Å². The van der Waals surface area contributed by atoms with Crippen molar-refractivity contribution in [1.29, 1.82) is 0 Å². The Morgan fingerprint density at radius 1 is 0.719 bits per heavy atom. The minimum atomic E-state index is -1.59. The lowest BCUT2D eigenvalue weighted by molar-refractivity contribution is -0.143. The molecule has 0 bridgehead atoms. The van der Waals surface area contributed by atoms with Crippen LogP contribution in [-0.2, 0) is 33.6 Å². The number of primary amides is 2. The number of aliphatic carboxylic acids is 2. The van der Waals surface area contributed by atoms with Crippen LogP contribution in [0.4, 0.5) is 0 Å². The van der Waals surface area contributed by atoms with Crippen LogP contribution in [0, 0.1) is 0 Å². The van der Waals surface area contributed by atoms with Crippen molar-refractivity contribution in [2.75, 3.05) is 0 Å². The Hall–Kier alpha value is -3.75. The summed E-state index contributed by atoms with van der Waals surface area (Å²) >= 11 is 0. The maximum Gasteiger partial charge on any atom is 0.326 e. The number of nitrogens with one attached hydrogen (secondary N) is 3. The van der Waals surface area contributed by atoms with E-state index in [-0.39, 0.29) is 12.8 Å². The smallest absolute Gasteiger partial charge is 0.326 e. The standard InChI is InChI=1S/C17H28N6O9/c1-7(18)14(28)23-10(6-12(20)25)16(30)21-8(2-4-11(19)24)15(29)22-9(17(31)32)3-5-13(26)27/h7-10H,2-6,18H2,1H3,(H2,19,24)(H2,20,25)(H,21,30)(H,22,29)(H,23,28)(H,26,27)(H,31,32). The quantitative estimate of drug-likeness (QED) is 0.117. The van der Waals surface area contributed by atoms with E-state index in [1.807, 2.05) is 0 Å². The third-order valence-corrected chi connectivity index (χ3v) is 4.03. The molecule has 4 atom stereocenters. The fourth-order valence-electron chi connectivity index (χ4n) is 2.34. The first-order chi connectivity index (χ1) is 14.7. The number of amides is 5. The van der Waals surface area contributed by atoms with Gasteiger partial charge >= 0.3 is 11.9 Å². The molecule has 0 aliphatic rings. The van der Waals surface area contributed by atoms with Crippen molar-refractivity contribution >= 4 is 41.5 Å². The average molecular weight is 460 g/mol. The van der Waals surface area contributed by atoms with Crippen molar-refractivity contribution in [2.45, 2.75) is 63.2 Å². The number of carboxylic acid groups (broad SMARTS) is 2. The Kier molecular flexibility index (Phi) is 11.9. The summed E-state index contributed by atoms with van der Waals surface area (Å²) in [6.07, 6.45) is -2.35. The Balaban J connectivity index is 5.52. The summed E-state index contributed by atoms with van der Waals surface area (Å²) in [5, 5.41) is 24.3. The highest BCUT2D eigenvalue weighted by Crippen LogP contribution is 2.04. The maximum atomic E-state index is 12.6. The Labute approximate surface area is 182 Å². The molecule has 180 valence electrons. The lowest BCUT2D eigenvalue weighted by Gasteiger charge is -2.24. The van der Waals surface area contributed by atoms with Gasteiger partial charge in [0.15, 0.2) is 0 Å². The molecule has 32 heavy (non-hydrogen) atoms. The van der Waals surface area contributed by atoms with Gasteiger partial charge in [-0.25, -0.2) is 4.79 Å². The highest BCUT2D eigenvalue weighted by atomic mass is 16.4. The Bertz CT molecular complexity index is 755. The summed E-state index contributed by atoms with van der Waals surface area (Å²) in [5.41, 5.74) is 15.5. The Morgan fingerprint density at radius 2 is 1.19 bits per heavy atom. The van der Waals surface area contributed by atoms with E-state index >= 15 is 0 Å². The summed E-state index contributed by atoms with van der Waals surface area (Å²) in [6.45, 7) is 1.32. The summed E-state index contributed by atoms with van der Waals surface area (Å²) < 4.78 is 0. The van der Waals surface area contributed by atoms with E-state index in [1.165, 1.54) is 6.92 Å². The van der Waals surface area contributed by atoms with Crippen molar-refractivity contribution in [3.8, 4) is 0 Å². The molecule has 0 fully saturated rings. The lowest BCUT2D eigenvalue weighted by Crippen LogP contribution is -2.57. The Morgan fingerprint density at radius 3 is 1.62 bits per heavy atom. The molecule has 15 nitrogen and oxygen atoms in total. The van der Waals surface area contributed by atoms with Gasteiger partial charge in [0, 0.05) is 12.8 Å². The van der Waals surface area contributed by atoms with Crippen LogP contribution in [0.5, 0.6) is 0 Å². The maximum absolute atomic E-state index is 12.6. The molecule has 0 aromatic heterocycles. The number of carbonyl (C=O) groups excluding carboxylic acids is 5. The summed E-state index contributed by atoms with van der Waals surface area (Å²) in [5.74, 6) is -7.44. The van der Waals surface area contributed by atoms with Crippen molar-refractivity contribution < 1.29 is 43.8 Å². The fourth-order valence-corrected chi connectivity index (χ4v) is 2.34. The van der Waals surface area contributed by atoms with Crippen LogP contribution in [0.2, 0.25) is 0 Å². The van der Waals surface area contributed by atoms with Gasteiger partial charge in [-0.15, -0.1) is 0 Å². The van der Waals surface area contributed by atoms with E-state index in [0.29, 0.717) is 0 Å². The molecule has 0 aromatic rings. The van der Waals surface area contributed by atoms with Gasteiger partial charge < -0.3 is 43.4 Å². The summed E-state index contributed by atoms with van der Waals surface area (Å²) in [7, 11) is 0. The third kappa shape index (κ3) is 11.4. The number of rotatable bonds is 15. The van der Waals surface area contributed by atoms with Crippen LogP contribution in [0.1, 0.15) is 39.0 Å². The number of carboxylic acids is 2. The molecular weight excluding hydrogens is 432 g/mol. The van der Waals surface area contributed by atoms with Crippen molar-refractivity contribution in [1.82, 2.24) is 16.0 Å². The van der Waals surface area contributed by atoms with Gasteiger partial charge in [0.05, 0.1) is 12.5 Å². The predicted octanol–water partition coefficient (Wildman–Crippen LogP) is -4.12. The molecule has 0 aliphatic heterocycles. The molecule has 0 rings (SSSR count). The van der Waals surface area contributed by atoms with Crippen LogP contribution in [0.15, 0.2) is 0 Å². The van der Waals surface area contributed by atoms with Crippen molar-refractivity contribution in [2.24, 2.45) is 17.2 Å². The third-order valence-electron chi connectivity index (χ3n) is 4.03. The number of hydrogen-bond donors (Lipinski definition) is 8. The minimum Gasteiger partial charge on any atom is -0.481 e. The predicted molar refractivity (Wildman–Crippen MR) is 106 cm³/mol. The van der Waals surface area contributed by atoms with E-state index < -0.39 is 84.9 Å². The van der Waals surface area contributed by atoms with E-state index in [2.05, 4.69) is 16.0 Å². The zero-order valence-corrected chi connectivity index (χ0v) is 17.3. The van der Waals surface area contributed by atoms with Gasteiger partial charge in [-0.05, 0) is 19.8 Å². The molecule has 4 unspecified atom stereocenters. The van der Waals surface area contributed by atoms with E-state index in [4.69, 9.17) is 22.3 Å². The topological polar surface area (TPSA) is 274 Å². The number of nitrogens with two attached hydrogens (primary N) is 3. The van der Waals surface area contributed by atoms with Crippen LogP contribution in [0.25, 0.3) is 0 Å². The molecule has 0 aliphatic carbocycles. The van der Waals surface area contributed by atoms with E-state index in [9.17, 15) is 38.7 Å². The molecule has 0 aromatic carbocycles. The van der Waals surface area contributed by atoms with Gasteiger partial charge in [0.25, 0.3) is 0 Å². The van der Waals surface area contributed by atoms with Gasteiger partial charge in [-0.3, -0.25) is 28.8 Å². The fraction of sp³-hybridized carbons (Fsp3) is 0.588. The van der Waals surface area contributed by atoms with Crippen LogP contribution in [0.3, 0.4) is 0 Å². The molecular formula is C17H28N6O9. The minimum absolute atomic E-state index is 0.345. The van der Waals surface area contributed by atoms with Gasteiger partial charge in [0.2, 0.25) is 29.5 Å². The second kappa shape index (κ2) is 13.5. The molecule has 0 heterocycles. The normalized spacial score (nSPS) is 14.2. The van der Waals surface area contributed by atoms with E-state index in [1.54, 1.807) is 0 Å². The zero-order valence-electron chi connectivity index (χ0n) is 17.3. The van der Waals surface area contributed by atoms with Gasteiger partial charge in [-0.1, -0.05) is 0 Å². The first kappa shape index (κ1) is 28.2. The van der Waals surface area contributed by atoms with Crippen LogP contribution < -0.4 is 33.2 Å². The molecule has 0 radical (unpaired) electrons. The first-order valence-electron chi connectivity index (χ1n) is 9.42. The SMILES string of the molecule is CC(N)C(=O)NC(CC(N)=O)C(=O)NC(CCC(N)=O)C(=O)NC(CCC(=O)O)C(=O)O. The zero-order chi connectivity index (χ0) is 25.0. The highest BCUT2D eigenvalue weighted by molar-refractivity contribution is 5.96. The van der Waals surface area contributed by atoms with Gasteiger partial charge in [-0.2, -0.15) is 0 Å². The van der Waals surface area contributed by atoms with Crippen LogP contribution >= 0.6 is 0 Å². The highest BCUT2D eigenvalue weighted by Gasteiger charge is 2.31. The monoisotopic (exact) mass is 460 g/mol. The summed E-state index contributed by atoms with van der Waals surface area (Å²) in [6, 6.07) is -5.62.